The Bertz CT molecular complexity index is 1410. The number of fused-ring (bicyclic) bond motifs is 1. The van der Waals surface area contributed by atoms with Crippen molar-refractivity contribution in [3.8, 4) is 5.69 Å². The number of para-hydroxylation sites is 1. The summed E-state index contributed by atoms with van der Waals surface area (Å²) < 4.78 is 22.3. The molecule has 1 unspecified atom stereocenters. The number of Topliss-reactive ketones (excluding diaryl/α,β-unsaturated/α-hetero) is 1. The lowest BCUT2D eigenvalue weighted by Crippen LogP contribution is -2.22. The van der Waals surface area contributed by atoms with Gasteiger partial charge < -0.3 is 9.30 Å². The molecule has 4 rings (SSSR count). The largest absolute Gasteiger partial charge is 0.383 e. The second kappa shape index (κ2) is 9.95. The molecule has 0 saturated heterocycles. The zero-order chi connectivity index (χ0) is 24.4. The minimum atomic E-state index is -0.395. The molecule has 0 amide bonds. The number of ether oxygens (including phenoxy) is 1. The molecule has 176 valence electrons. The molecule has 0 radical (unpaired) electrons. The fourth-order valence-corrected chi connectivity index (χ4v) is 5.18. The Hall–Kier alpha value is -3.23. The van der Waals surface area contributed by atoms with E-state index in [1.807, 2.05) is 32.9 Å². The van der Waals surface area contributed by atoms with E-state index in [4.69, 9.17) is 4.74 Å². The van der Waals surface area contributed by atoms with Gasteiger partial charge in [0.25, 0.3) is 5.56 Å². The zero-order valence-corrected chi connectivity index (χ0v) is 20.4. The van der Waals surface area contributed by atoms with Gasteiger partial charge in [-0.15, -0.1) is 0 Å². The van der Waals surface area contributed by atoms with Crippen LogP contribution in [0.5, 0.6) is 0 Å². The standard InChI is InChI=1S/C26H26FN3O3S/c1-16-13-22(18(3)29(16)17(2)14-33-4)24(31)15-34-26-28-23-8-6-5-7-21(23)25(32)30(26)20-11-9-19(27)10-12-20/h5-13,17H,14-15H2,1-4H3. The van der Waals surface area contributed by atoms with Crippen molar-refractivity contribution in [3.63, 3.8) is 0 Å². The Morgan fingerprint density at radius 3 is 2.56 bits per heavy atom. The summed E-state index contributed by atoms with van der Waals surface area (Å²) in [6, 6.07) is 14.7. The van der Waals surface area contributed by atoms with E-state index in [9.17, 15) is 14.0 Å². The van der Waals surface area contributed by atoms with E-state index in [1.165, 1.54) is 40.6 Å². The monoisotopic (exact) mass is 479 g/mol. The molecule has 8 heteroatoms. The highest BCUT2D eigenvalue weighted by atomic mass is 32.2. The van der Waals surface area contributed by atoms with Gasteiger partial charge in [0.2, 0.25) is 0 Å². The molecule has 2 heterocycles. The molecule has 0 spiro atoms. The Labute approximate surface area is 201 Å². The second-order valence-electron chi connectivity index (χ2n) is 8.20. The van der Waals surface area contributed by atoms with Crippen molar-refractivity contribution >= 4 is 28.4 Å². The number of hydrogen-bond donors (Lipinski definition) is 0. The summed E-state index contributed by atoms with van der Waals surface area (Å²) >= 11 is 1.20. The summed E-state index contributed by atoms with van der Waals surface area (Å²) in [6.45, 7) is 6.50. The third kappa shape index (κ3) is 4.56. The molecule has 0 aliphatic carbocycles. The third-order valence-corrected chi connectivity index (χ3v) is 6.73. The van der Waals surface area contributed by atoms with Crippen molar-refractivity contribution in [2.45, 2.75) is 32.0 Å². The summed E-state index contributed by atoms with van der Waals surface area (Å²) in [5.41, 5.74) is 3.29. The van der Waals surface area contributed by atoms with Crippen LogP contribution in [-0.2, 0) is 4.74 Å². The molecule has 0 saturated carbocycles. The van der Waals surface area contributed by atoms with Crippen LogP contribution in [0.25, 0.3) is 16.6 Å². The van der Waals surface area contributed by atoms with Gasteiger partial charge in [0.05, 0.1) is 35.0 Å². The number of benzene rings is 2. The highest BCUT2D eigenvalue weighted by molar-refractivity contribution is 7.99. The number of aromatic nitrogens is 3. The van der Waals surface area contributed by atoms with Crippen LogP contribution in [0.4, 0.5) is 4.39 Å². The first-order valence-electron chi connectivity index (χ1n) is 10.9. The Morgan fingerprint density at radius 2 is 1.85 bits per heavy atom. The van der Waals surface area contributed by atoms with Crippen LogP contribution < -0.4 is 5.56 Å². The van der Waals surface area contributed by atoms with Gasteiger partial charge in [-0.05, 0) is 63.2 Å². The molecule has 0 aliphatic heterocycles. The number of nitrogens with zero attached hydrogens (tertiary/aromatic N) is 3. The van der Waals surface area contributed by atoms with Gasteiger partial charge in [0.1, 0.15) is 5.82 Å². The van der Waals surface area contributed by atoms with Crippen molar-refractivity contribution in [1.82, 2.24) is 14.1 Å². The number of aryl methyl sites for hydroxylation is 1. The minimum Gasteiger partial charge on any atom is -0.383 e. The first-order valence-corrected chi connectivity index (χ1v) is 11.9. The summed E-state index contributed by atoms with van der Waals surface area (Å²) in [5, 5.41) is 0.836. The molecule has 0 aliphatic rings. The number of carbonyl (C=O) groups excluding carboxylic acids is 1. The number of hydrogen-bond acceptors (Lipinski definition) is 5. The van der Waals surface area contributed by atoms with E-state index in [-0.39, 0.29) is 23.1 Å². The van der Waals surface area contributed by atoms with Crippen molar-refractivity contribution in [1.29, 1.82) is 0 Å². The molecule has 6 nitrogen and oxygen atoms in total. The maximum Gasteiger partial charge on any atom is 0.266 e. The van der Waals surface area contributed by atoms with Crippen molar-refractivity contribution < 1.29 is 13.9 Å². The molecule has 0 N–H and O–H groups in total. The number of halogens is 1. The van der Waals surface area contributed by atoms with Crippen molar-refractivity contribution in [2.24, 2.45) is 0 Å². The quantitative estimate of drug-likeness (QED) is 0.199. The molecule has 2 aromatic heterocycles. The maximum absolute atomic E-state index is 13.5. The molecule has 34 heavy (non-hydrogen) atoms. The van der Waals surface area contributed by atoms with Crippen molar-refractivity contribution in [3.05, 3.63) is 87.7 Å². The van der Waals surface area contributed by atoms with Crippen LogP contribution in [0.2, 0.25) is 0 Å². The van der Waals surface area contributed by atoms with Crippen LogP contribution in [0.15, 0.2) is 64.5 Å². The first-order chi connectivity index (χ1) is 16.3. The van der Waals surface area contributed by atoms with E-state index in [0.717, 1.165) is 11.4 Å². The van der Waals surface area contributed by atoms with E-state index in [0.29, 0.717) is 33.9 Å². The SMILES string of the molecule is COCC(C)n1c(C)cc(C(=O)CSc2nc3ccccc3c(=O)n2-c2ccc(F)cc2)c1C. The number of rotatable bonds is 8. The van der Waals surface area contributed by atoms with Crippen LogP contribution in [0, 0.1) is 19.7 Å². The maximum atomic E-state index is 13.5. The lowest BCUT2D eigenvalue weighted by Gasteiger charge is -2.17. The van der Waals surface area contributed by atoms with Gasteiger partial charge in [-0.2, -0.15) is 0 Å². The summed E-state index contributed by atoms with van der Waals surface area (Å²) in [4.78, 5) is 31.2. The van der Waals surface area contributed by atoms with Gasteiger partial charge in [-0.3, -0.25) is 14.2 Å². The molecule has 1 atom stereocenters. The molecular formula is C26H26FN3O3S. The van der Waals surface area contributed by atoms with Gasteiger partial charge in [-0.25, -0.2) is 9.37 Å². The fraction of sp³-hybridized carbons (Fsp3) is 0.269. The summed E-state index contributed by atoms with van der Waals surface area (Å²) in [6.07, 6.45) is 0. The average Bonchev–Trinajstić information content (AvgIpc) is 3.12. The Kier molecular flexibility index (Phi) is 7.00. The number of thioether (sulfide) groups is 1. The topological polar surface area (TPSA) is 66.1 Å². The predicted molar refractivity (Wildman–Crippen MR) is 133 cm³/mol. The van der Waals surface area contributed by atoms with Crippen LogP contribution in [0.1, 0.15) is 34.7 Å². The molecule has 0 fully saturated rings. The summed E-state index contributed by atoms with van der Waals surface area (Å²) in [7, 11) is 1.66. The Morgan fingerprint density at radius 1 is 1.15 bits per heavy atom. The normalized spacial score (nSPS) is 12.3. The zero-order valence-electron chi connectivity index (χ0n) is 19.5. The van der Waals surface area contributed by atoms with E-state index < -0.39 is 5.82 Å². The van der Waals surface area contributed by atoms with Crippen molar-refractivity contribution in [2.75, 3.05) is 19.5 Å². The molecule has 0 bridgehead atoms. The average molecular weight is 480 g/mol. The van der Waals surface area contributed by atoms with E-state index in [2.05, 4.69) is 9.55 Å². The van der Waals surface area contributed by atoms with Crippen LogP contribution >= 0.6 is 11.8 Å². The van der Waals surface area contributed by atoms with Gasteiger partial charge >= 0.3 is 0 Å². The fourth-order valence-electron chi connectivity index (χ4n) is 4.29. The third-order valence-electron chi connectivity index (χ3n) is 5.80. The lowest BCUT2D eigenvalue weighted by molar-refractivity contribution is 0.102. The molecule has 2 aromatic carbocycles. The first kappa shape index (κ1) is 23.9. The highest BCUT2D eigenvalue weighted by Gasteiger charge is 2.20. The second-order valence-corrected chi connectivity index (χ2v) is 9.14. The number of carbonyl (C=O) groups is 1. The van der Waals surface area contributed by atoms with Gasteiger partial charge in [0.15, 0.2) is 10.9 Å². The highest BCUT2D eigenvalue weighted by Crippen LogP contribution is 2.25. The van der Waals surface area contributed by atoms with Gasteiger partial charge in [0, 0.05) is 24.1 Å². The Balaban J connectivity index is 1.70. The predicted octanol–water partition coefficient (Wildman–Crippen LogP) is 5.13. The molecule has 4 aromatic rings. The number of methoxy groups -OCH3 is 1. The summed E-state index contributed by atoms with van der Waals surface area (Å²) in [5.74, 6) is -0.343. The van der Waals surface area contributed by atoms with Crippen LogP contribution in [-0.4, -0.2) is 39.4 Å². The molecular weight excluding hydrogens is 453 g/mol. The smallest absolute Gasteiger partial charge is 0.266 e. The van der Waals surface area contributed by atoms with Crippen LogP contribution in [0.3, 0.4) is 0 Å². The van der Waals surface area contributed by atoms with E-state index in [1.54, 1.807) is 25.3 Å². The number of ketones is 1. The lowest BCUT2D eigenvalue weighted by atomic mass is 10.2. The van der Waals surface area contributed by atoms with E-state index >= 15 is 0 Å². The minimum absolute atomic E-state index is 0.0537. The van der Waals surface area contributed by atoms with Gasteiger partial charge in [-0.1, -0.05) is 23.9 Å².